The molecule has 20 heavy (non-hydrogen) atoms. The molecule has 0 aliphatic rings. The molecule has 0 saturated carbocycles. The summed E-state index contributed by atoms with van der Waals surface area (Å²) in [5, 5.41) is -0.109. The van der Waals surface area contributed by atoms with Crippen molar-refractivity contribution in [3.8, 4) is 11.5 Å². The molecule has 2 nitrogen and oxygen atoms in total. The fraction of sp³-hybridized carbons (Fsp3) is 0.250. The van der Waals surface area contributed by atoms with Gasteiger partial charge in [-0.05, 0) is 41.8 Å². The number of ether oxygens (including phenoxy) is 2. The van der Waals surface area contributed by atoms with Crippen molar-refractivity contribution in [3.05, 3.63) is 58.1 Å². The fourth-order valence-electron chi connectivity index (χ4n) is 2.01. The lowest BCUT2D eigenvalue weighted by molar-refractivity contribution is 0.414. The number of hydrogen-bond acceptors (Lipinski definition) is 2. The van der Waals surface area contributed by atoms with Crippen molar-refractivity contribution in [2.45, 2.75) is 11.8 Å². The van der Waals surface area contributed by atoms with Crippen molar-refractivity contribution in [2.24, 2.45) is 0 Å². The van der Waals surface area contributed by atoms with Gasteiger partial charge < -0.3 is 9.47 Å². The lowest BCUT2D eigenvalue weighted by Crippen LogP contribution is -1.98. The van der Waals surface area contributed by atoms with Gasteiger partial charge in [-0.25, -0.2) is 0 Å². The highest BCUT2D eigenvalue weighted by molar-refractivity contribution is 9.10. The minimum Gasteiger partial charge on any atom is -0.497 e. The van der Waals surface area contributed by atoms with E-state index < -0.39 is 0 Å². The Labute approximate surface area is 132 Å². The number of alkyl halides is 1. The van der Waals surface area contributed by atoms with Gasteiger partial charge in [0.1, 0.15) is 11.5 Å². The van der Waals surface area contributed by atoms with Crippen molar-refractivity contribution in [2.75, 3.05) is 14.2 Å². The van der Waals surface area contributed by atoms with Gasteiger partial charge in [0.15, 0.2) is 0 Å². The van der Waals surface area contributed by atoms with Crippen LogP contribution in [0.4, 0.5) is 0 Å². The molecule has 0 bridgehead atoms. The van der Waals surface area contributed by atoms with Gasteiger partial charge in [-0.3, -0.25) is 0 Å². The van der Waals surface area contributed by atoms with Crippen LogP contribution >= 0.6 is 27.5 Å². The van der Waals surface area contributed by atoms with Crippen LogP contribution in [0.25, 0.3) is 0 Å². The van der Waals surface area contributed by atoms with Gasteiger partial charge in [-0.2, -0.15) is 0 Å². The summed E-state index contributed by atoms with van der Waals surface area (Å²) in [6.07, 6.45) is 0.740. The molecule has 0 aliphatic carbocycles. The molecule has 2 aromatic rings. The SMILES string of the molecule is COc1cccc(CC(Cl)c2ccc(OC)cc2Br)c1. The highest BCUT2D eigenvalue weighted by Gasteiger charge is 2.13. The number of halogens is 2. The summed E-state index contributed by atoms with van der Waals surface area (Å²) in [5.74, 6) is 1.66. The van der Waals surface area contributed by atoms with Crippen molar-refractivity contribution < 1.29 is 9.47 Å². The van der Waals surface area contributed by atoms with Crippen LogP contribution in [0.2, 0.25) is 0 Å². The monoisotopic (exact) mass is 354 g/mol. The second-order valence-corrected chi connectivity index (χ2v) is 5.79. The Bertz CT molecular complexity index is 586. The molecule has 1 unspecified atom stereocenters. The summed E-state index contributed by atoms with van der Waals surface area (Å²) < 4.78 is 11.4. The second kappa shape index (κ2) is 7.00. The predicted octanol–water partition coefficient (Wildman–Crippen LogP) is 4.99. The van der Waals surface area contributed by atoms with E-state index in [1.807, 2.05) is 36.4 Å². The van der Waals surface area contributed by atoms with Crippen LogP contribution in [-0.4, -0.2) is 14.2 Å². The van der Waals surface area contributed by atoms with Gasteiger partial charge in [-0.1, -0.05) is 34.1 Å². The van der Waals surface area contributed by atoms with E-state index >= 15 is 0 Å². The summed E-state index contributed by atoms with van der Waals surface area (Å²) >= 11 is 10.1. The zero-order chi connectivity index (χ0) is 14.5. The quantitative estimate of drug-likeness (QED) is 0.704. The van der Waals surface area contributed by atoms with Crippen LogP contribution in [-0.2, 0) is 6.42 Å². The Morgan fingerprint density at radius 2 is 1.75 bits per heavy atom. The first kappa shape index (κ1) is 15.2. The third kappa shape index (κ3) is 3.68. The molecule has 106 valence electrons. The molecule has 0 aliphatic heterocycles. The van der Waals surface area contributed by atoms with Gasteiger partial charge in [0.25, 0.3) is 0 Å². The van der Waals surface area contributed by atoms with E-state index in [0.717, 1.165) is 33.5 Å². The lowest BCUT2D eigenvalue weighted by atomic mass is 10.0. The normalized spacial score (nSPS) is 12.0. The van der Waals surface area contributed by atoms with Crippen molar-refractivity contribution in [1.29, 1.82) is 0 Å². The van der Waals surface area contributed by atoms with Gasteiger partial charge >= 0.3 is 0 Å². The van der Waals surface area contributed by atoms with E-state index in [1.165, 1.54) is 0 Å². The van der Waals surface area contributed by atoms with Gasteiger partial charge in [0.05, 0.1) is 19.6 Å². The highest BCUT2D eigenvalue weighted by Crippen LogP contribution is 2.33. The molecular formula is C16H16BrClO2. The first-order valence-electron chi connectivity index (χ1n) is 6.24. The molecule has 0 radical (unpaired) electrons. The topological polar surface area (TPSA) is 18.5 Å². The average Bonchev–Trinajstić information content (AvgIpc) is 2.47. The van der Waals surface area contributed by atoms with E-state index in [0.29, 0.717) is 0 Å². The number of methoxy groups -OCH3 is 2. The Balaban J connectivity index is 2.16. The van der Waals surface area contributed by atoms with Crippen LogP contribution in [0.15, 0.2) is 46.9 Å². The van der Waals surface area contributed by atoms with Gasteiger partial charge in [-0.15, -0.1) is 11.6 Å². The number of hydrogen-bond donors (Lipinski definition) is 0. The zero-order valence-corrected chi connectivity index (χ0v) is 13.7. The fourth-order valence-corrected chi connectivity index (χ4v) is 3.14. The summed E-state index contributed by atoms with van der Waals surface area (Å²) in [7, 11) is 3.31. The average molecular weight is 356 g/mol. The summed E-state index contributed by atoms with van der Waals surface area (Å²) in [4.78, 5) is 0. The molecule has 0 aromatic heterocycles. The molecule has 0 amide bonds. The van der Waals surface area contributed by atoms with Crippen LogP contribution in [0, 0.1) is 0 Å². The Hall–Kier alpha value is -1.19. The number of rotatable bonds is 5. The standard InChI is InChI=1S/C16H16BrClO2/c1-19-12-5-3-4-11(8-12)9-16(18)14-7-6-13(20-2)10-15(14)17/h3-8,10,16H,9H2,1-2H3. The van der Waals surface area contributed by atoms with Crippen molar-refractivity contribution in [1.82, 2.24) is 0 Å². The predicted molar refractivity (Wildman–Crippen MR) is 86.0 cm³/mol. The second-order valence-electron chi connectivity index (χ2n) is 4.41. The molecule has 2 rings (SSSR count). The molecule has 0 N–H and O–H groups in total. The molecule has 0 fully saturated rings. The maximum absolute atomic E-state index is 6.53. The third-order valence-electron chi connectivity index (χ3n) is 3.09. The molecule has 0 saturated heterocycles. The van der Waals surface area contributed by atoms with Crippen LogP contribution in [0.1, 0.15) is 16.5 Å². The van der Waals surface area contributed by atoms with E-state index in [9.17, 15) is 0 Å². The van der Waals surface area contributed by atoms with Crippen LogP contribution in [0.5, 0.6) is 11.5 Å². The van der Waals surface area contributed by atoms with Gasteiger partial charge in [0.2, 0.25) is 0 Å². The molecule has 4 heteroatoms. The maximum Gasteiger partial charge on any atom is 0.120 e. The van der Waals surface area contributed by atoms with Crippen molar-refractivity contribution in [3.63, 3.8) is 0 Å². The summed E-state index contributed by atoms with van der Waals surface area (Å²) in [6.45, 7) is 0. The Kier molecular flexibility index (Phi) is 5.32. The van der Waals surface area contributed by atoms with E-state index in [2.05, 4.69) is 22.0 Å². The molecule has 0 heterocycles. The van der Waals surface area contributed by atoms with Crippen LogP contribution < -0.4 is 9.47 Å². The first-order chi connectivity index (χ1) is 9.63. The zero-order valence-electron chi connectivity index (χ0n) is 11.4. The minimum absolute atomic E-state index is 0.109. The maximum atomic E-state index is 6.53. The smallest absolute Gasteiger partial charge is 0.120 e. The molecule has 1 atom stereocenters. The van der Waals surface area contributed by atoms with Crippen molar-refractivity contribution >= 4 is 27.5 Å². The molecule has 2 aromatic carbocycles. The van der Waals surface area contributed by atoms with E-state index in [1.54, 1.807) is 14.2 Å². The summed E-state index contributed by atoms with van der Waals surface area (Å²) in [5.41, 5.74) is 2.20. The largest absolute Gasteiger partial charge is 0.497 e. The highest BCUT2D eigenvalue weighted by atomic mass is 79.9. The number of benzene rings is 2. The third-order valence-corrected chi connectivity index (χ3v) is 4.17. The summed E-state index contributed by atoms with van der Waals surface area (Å²) in [6, 6.07) is 13.8. The minimum atomic E-state index is -0.109. The first-order valence-corrected chi connectivity index (χ1v) is 7.47. The molecular weight excluding hydrogens is 340 g/mol. The Morgan fingerprint density at radius 3 is 2.40 bits per heavy atom. The Morgan fingerprint density at radius 1 is 1.05 bits per heavy atom. The van der Waals surface area contributed by atoms with Crippen LogP contribution in [0.3, 0.4) is 0 Å². The van der Waals surface area contributed by atoms with E-state index in [4.69, 9.17) is 21.1 Å². The molecule has 0 spiro atoms. The van der Waals surface area contributed by atoms with E-state index in [-0.39, 0.29) is 5.38 Å². The lowest BCUT2D eigenvalue weighted by Gasteiger charge is -2.13. The van der Waals surface area contributed by atoms with Gasteiger partial charge in [0, 0.05) is 4.47 Å².